The van der Waals surface area contributed by atoms with Crippen LogP contribution in [0.1, 0.15) is 61.4 Å². The van der Waals surface area contributed by atoms with Crippen molar-refractivity contribution in [3.05, 3.63) is 99.8 Å². The van der Waals surface area contributed by atoms with Gasteiger partial charge in [-0.15, -0.1) is 0 Å². The van der Waals surface area contributed by atoms with Crippen LogP contribution in [0, 0.1) is 17.3 Å². The summed E-state index contributed by atoms with van der Waals surface area (Å²) in [5.41, 5.74) is 1.15. The van der Waals surface area contributed by atoms with Gasteiger partial charge < -0.3 is 10.4 Å². The second kappa shape index (κ2) is 12.8. The van der Waals surface area contributed by atoms with E-state index in [1.807, 2.05) is 36.4 Å². The van der Waals surface area contributed by atoms with Crippen LogP contribution < -0.4 is 5.32 Å². The second-order valence-corrected chi connectivity index (χ2v) is 13.3. The van der Waals surface area contributed by atoms with Crippen LogP contribution in [0.3, 0.4) is 0 Å². The smallest absolute Gasteiger partial charge is 0.304 e. The zero-order valence-electron chi connectivity index (χ0n) is 23.0. The van der Waals surface area contributed by atoms with Crippen LogP contribution in [0.25, 0.3) is 0 Å². The Balaban J connectivity index is 1.65. The van der Waals surface area contributed by atoms with Crippen LogP contribution in [0.15, 0.2) is 72.9 Å². The molecule has 2 fully saturated rings. The van der Waals surface area contributed by atoms with Crippen LogP contribution in [0.4, 0.5) is 0 Å². The zero-order valence-corrected chi connectivity index (χ0v) is 25.4. The number of nitrogens with zero attached hydrogens (tertiary/aromatic N) is 2. The Morgan fingerprint density at radius 1 is 1.12 bits per heavy atom. The summed E-state index contributed by atoms with van der Waals surface area (Å²) < 4.78 is 25.4. The second-order valence-electron chi connectivity index (χ2n) is 11.5. The maximum absolute atomic E-state index is 13.7. The Morgan fingerprint density at radius 3 is 2.45 bits per heavy atom. The molecule has 11 heteroatoms. The average molecular weight is 631 g/mol. The van der Waals surface area contributed by atoms with Crippen LogP contribution >= 0.6 is 23.2 Å². The van der Waals surface area contributed by atoms with Gasteiger partial charge in [0.05, 0.1) is 30.1 Å². The normalized spacial score (nSPS) is 24.5. The third-order valence-electron chi connectivity index (χ3n) is 8.48. The fourth-order valence-corrected chi connectivity index (χ4v) is 7.44. The van der Waals surface area contributed by atoms with Crippen molar-refractivity contribution in [1.82, 2.24) is 14.6 Å². The molecule has 2 aromatic carbocycles. The zero-order chi connectivity index (χ0) is 30.0. The summed E-state index contributed by atoms with van der Waals surface area (Å²) in [5.74, 6) is -1.83. The largest absolute Gasteiger partial charge is 0.481 e. The topological polar surface area (TPSA) is 120 Å². The highest BCUT2D eigenvalue weighted by Crippen LogP contribution is 2.53. The number of hydrogen-bond acceptors (Lipinski definition) is 4. The van der Waals surface area contributed by atoms with Gasteiger partial charge in [-0.2, -0.15) is 4.31 Å². The van der Waals surface area contributed by atoms with E-state index in [4.69, 9.17) is 23.2 Å². The van der Waals surface area contributed by atoms with E-state index in [2.05, 4.69) is 10.3 Å². The third-order valence-corrected chi connectivity index (χ3v) is 9.72. The van der Waals surface area contributed by atoms with E-state index in [0.717, 1.165) is 24.0 Å². The molecule has 3 aromatic rings. The molecule has 0 spiro atoms. The first-order valence-corrected chi connectivity index (χ1v) is 15.7. The van der Waals surface area contributed by atoms with E-state index in [1.54, 1.807) is 43.5 Å². The molecule has 1 aliphatic heterocycles. The Bertz CT molecular complexity index is 1460. The van der Waals surface area contributed by atoms with Gasteiger partial charge in [0.1, 0.15) is 0 Å². The molecular weight excluding hydrogens is 597 g/mol. The molecule has 6 atom stereocenters. The predicted octanol–water partition coefficient (Wildman–Crippen LogP) is 6.25. The Labute approximate surface area is 257 Å². The quantitative estimate of drug-likeness (QED) is 0.216. The maximum atomic E-state index is 13.7. The SMILES string of the molecule is CC1(CC(=O)O)CC(c2cccc(Cl)c2)C(C(C2CC2)C(c2ccc(Cl)cc2)N(Cc2ccccn2)S(=O)O)NC1=O. The molecule has 0 radical (unpaired) electrons. The number of benzene rings is 2. The number of rotatable bonds is 11. The summed E-state index contributed by atoms with van der Waals surface area (Å²) in [6, 6.07) is 19.0. The molecule has 1 amide bonds. The lowest BCUT2D eigenvalue weighted by Crippen LogP contribution is -2.58. The monoisotopic (exact) mass is 629 g/mol. The highest BCUT2D eigenvalue weighted by Gasteiger charge is 2.53. The van der Waals surface area contributed by atoms with E-state index in [9.17, 15) is 23.5 Å². The predicted molar refractivity (Wildman–Crippen MR) is 162 cm³/mol. The van der Waals surface area contributed by atoms with Gasteiger partial charge in [-0.1, -0.05) is 60.5 Å². The van der Waals surface area contributed by atoms with Crippen molar-refractivity contribution in [1.29, 1.82) is 0 Å². The van der Waals surface area contributed by atoms with Crippen LogP contribution in [-0.4, -0.2) is 41.1 Å². The lowest BCUT2D eigenvalue weighted by Gasteiger charge is -2.48. The van der Waals surface area contributed by atoms with Gasteiger partial charge >= 0.3 is 5.97 Å². The number of carbonyl (C=O) groups is 2. The minimum Gasteiger partial charge on any atom is -0.481 e. The van der Waals surface area contributed by atoms with Crippen molar-refractivity contribution in [2.75, 3.05) is 0 Å². The molecule has 1 saturated heterocycles. The molecule has 2 aliphatic rings. The van der Waals surface area contributed by atoms with Gasteiger partial charge in [0.2, 0.25) is 17.2 Å². The Morgan fingerprint density at radius 2 is 1.86 bits per heavy atom. The van der Waals surface area contributed by atoms with Crippen molar-refractivity contribution in [2.24, 2.45) is 17.3 Å². The average Bonchev–Trinajstić information content (AvgIpc) is 3.78. The highest BCUT2D eigenvalue weighted by molar-refractivity contribution is 7.76. The summed E-state index contributed by atoms with van der Waals surface area (Å²) in [6.45, 7) is 1.78. The van der Waals surface area contributed by atoms with Gasteiger partial charge in [-0.25, -0.2) is 4.21 Å². The molecule has 0 bridgehead atoms. The van der Waals surface area contributed by atoms with E-state index in [-0.39, 0.29) is 43.0 Å². The first-order chi connectivity index (χ1) is 20.1. The Kier molecular flexibility index (Phi) is 9.34. The molecule has 6 unspecified atom stereocenters. The first kappa shape index (κ1) is 30.6. The number of nitrogens with one attached hydrogen (secondary N) is 1. The van der Waals surface area contributed by atoms with Crippen LogP contribution in [0.2, 0.25) is 10.0 Å². The van der Waals surface area contributed by atoms with Gasteiger partial charge in [0, 0.05) is 34.1 Å². The van der Waals surface area contributed by atoms with Gasteiger partial charge in [-0.05, 0) is 72.7 Å². The molecular formula is C31H33Cl2N3O5S. The molecule has 2 heterocycles. The van der Waals surface area contributed by atoms with Crippen molar-refractivity contribution < 1.29 is 23.5 Å². The number of carboxylic acid groups (broad SMARTS) is 1. The molecule has 1 saturated carbocycles. The minimum atomic E-state index is -2.40. The number of hydrogen-bond donors (Lipinski definition) is 3. The van der Waals surface area contributed by atoms with Crippen molar-refractivity contribution in [3.63, 3.8) is 0 Å². The maximum Gasteiger partial charge on any atom is 0.304 e. The van der Waals surface area contributed by atoms with E-state index < -0.39 is 34.7 Å². The molecule has 3 N–H and O–H groups in total. The fraction of sp³-hybridized carbons (Fsp3) is 0.387. The number of aliphatic carboxylic acids is 1. The highest BCUT2D eigenvalue weighted by atomic mass is 35.5. The summed E-state index contributed by atoms with van der Waals surface area (Å²) in [5, 5.41) is 14.0. The summed E-state index contributed by atoms with van der Waals surface area (Å²) in [7, 11) is 0. The summed E-state index contributed by atoms with van der Waals surface area (Å²) in [6.07, 6.45) is 3.40. The number of carboxylic acids is 1. The van der Waals surface area contributed by atoms with Crippen molar-refractivity contribution in [2.45, 2.75) is 57.2 Å². The fourth-order valence-electron chi connectivity index (χ4n) is 6.42. The van der Waals surface area contributed by atoms with E-state index >= 15 is 0 Å². The van der Waals surface area contributed by atoms with Gasteiger partial charge in [-0.3, -0.25) is 19.1 Å². The van der Waals surface area contributed by atoms with Crippen LogP contribution in [0.5, 0.6) is 0 Å². The molecule has 222 valence electrons. The number of piperidine rings is 1. The number of aromatic nitrogens is 1. The molecule has 5 rings (SSSR count). The summed E-state index contributed by atoms with van der Waals surface area (Å²) >= 11 is 10.3. The molecule has 42 heavy (non-hydrogen) atoms. The number of halogens is 2. The number of pyridine rings is 1. The van der Waals surface area contributed by atoms with Gasteiger partial charge in [0.15, 0.2) is 0 Å². The number of amides is 1. The summed E-state index contributed by atoms with van der Waals surface area (Å²) in [4.78, 5) is 29.9. The molecule has 1 aromatic heterocycles. The van der Waals surface area contributed by atoms with Crippen LogP contribution in [-0.2, 0) is 27.4 Å². The molecule has 1 aliphatic carbocycles. The van der Waals surface area contributed by atoms with E-state index in [0.29, 0.717) is 15.7 Å². The lowest BCUT2D eigenvalue weighted by atomic mass is 9.65. The third kappa shape index (κ3) is 6.87. The van der Waals surface area contributed by atoms with Crippen molar-refractivity contribution in [3.8, 4) is 0 Å². The number of carbonyl (C=O) groups excluding carboxylic acids is 1. The van der Waals surface area contributed by atoms with Gasteiger partial charge in [0.25, 0.3) is 0 Å². The minimum absolute atomic E-state index is 0.0969. The molecule has 8 nitrogen and oxygen atoms in total. The Hall–Kier alpha value is -2.82. The van der Waals surface area contributed by atoms with E-state index in [1.165, 1.54) is 4.31 Å². The lowest BCUT2D eigenvalue weighted by molar-refractivity contribution is -0.148. The van der Waals surface area contributed by atoms with Crippen molar-refractivity contribution >= 4 is 46.3 Å². The standard InChI is InChI=1S/C31H33Cl2N3O5S/c1-31(17-26(37)38)16-25(21-5-4-6-23(33)15-21)28(35-30(31)39)27(19-8-9-19)29(20-10-12-22(32)13-11-20)36(42(40)41)18-24-7-2-3-14-34-24/h2-7,10-15,19,25,27-29H,8-9,16-18H2,1H3,(H,35,39)(H,37,38)(H,40,41). The first-order valence-electron chi connectivity index (χ1n) is 13.9.